The van der Waals surface area contributed by atoms with E-state index in [0.717, 1.165) is 0 Å². The van der Waals surface area contributed by atoms with E-state index in [-0.39, 0.29) is 17.2 Å². The molecular weight excluding hydrogens is 254 g/mol. The van der Waals surface area contributed by atoms with Crippen LogP contribution in [0.1, 0.15) is 20.3 Å². The predicted octanol–water partition coefficient (Wildman–Crippen LogP) is 1.55. The lowest BCUT2D eigenvalue weighted by atomic mass is 10.1. The number of ether oxygens (including phenoxy) is 1. The topological polar surface area (TPSA) is 72.5 Å². The second-order valence-electron chi connectivity index (χ2n) is 4.30. The molecule has 0 saturated heterocycles. The first-order valence-electron chi connectivity index (χ1n) is 5.55. The molecule has 0 aromatic heterocycles. The van der Waals surface area contributed by atoms with Crippen LogP contribution in [0, 0.1) is 5.92 Å². The number of methoxy groups -OCH3 is 1. The summed E-state index contributed by atoms with van der Waals surface area (Å²) >= 11 is 0. The fraction of sp³-hybridized carbons (Fsp3) is 0.417. The molecule has 0 bridgehead atoms. The van der Waals surface area contributed by atoms with Crippen molar-refractivity contribution >= 4 is 15.9 Å². The SMILES string of the molecule is COc1ccc(S(=O)(=O)NC(=O)CC(C)C)cc1. The molecule has 0 unspecified atom stereocenters. The largest absolute Gasteiger partial charge is 0.497 e. The lowest BCUT2D eigenvalue weighted by Crippen LogP contribution is -2.31. The van der Waals surface area contributed by atoms with Crippen molar-refractivity contribution in [2.45, 2.75) is 25.2 Å². The lowest BCUT2D eigenvalue weighted by Gasteiger charge is -2.08. The van der Waals surface area contributed by atoms with Gasteiger partial charge in [-0.25, -0.2) is 13.1 Å². The first kappa shape index (κ1) is 14.5. The van der Waals surface area contributed by atoms with Gasteiger partial charge in [0.05, 0.1) is 12.0 Å². The zero-order valence-electron chi connectivity index (χ0n) is 10.6. The Hall–Kier alpha value is -1.56. The molecule has 0 aliphatic carbocycles. The first-order valence-corrected chi connectivity index (χ1v) is 7.03. The van der Waals surface area contributed by atoms with Gasteiger partial charge in [0.15, 0.2) is 0 Å². The maximum absolute atomic E-state index is 11.9. The van der Waals surface area contributed by atoms with E-state index < -0.39 is 15.9 Å². The van der Waals surface area contributed by atoms with Crippen LogP contribution in [0.25, 0.3) is 0 Å². The standard InChI is InChI=1S/C12H17NO4S/c1-9(2)8-12(14)13-18(15,16)11-6-4-10(17-3)5-7-11/h4-7,9H,8H2,1-3H3,(H,13,14). The average molecular weight is 271 g/mol. The Morgan fingerprint density at radius 1 is 1.28 bits per heavy atom. The van der Waals surface area contributed by atoms with Crippen LogP contribution >= 0.6 is 0 Å². The highest BCUT2D eigenvalue weighted by Gasteiger charge is 2.17. The maximum atomic E-state index is 11.9. The number of benzene rings is 1. The van der Waals surface area contributed by atoms with E-state index in [1.54, 1.807) is 0 Å². The molecule has 5 nitrogen and oxygen atoms in total. The molecular formula is C12H17NO4S. The van der Waals surface area contributed by atoms with Crippen molar-refractivity contribution < 1.29 is 17.9 Å². The van der Waals surface area contributed by atoms with Crippen molar-refractivity contribution in [3.63, 3.8) is 0 Å². The van der Waals surface area contributed by atoms with Crippen LogP contribution in [0.5, 0.6) is 5.75 Å². The van der Waals surface area contributed by atoms with E-state index in [2.05, 4.69) is 0 Å². The van der Waals surface area contributed by atoms with E-state index in [1.807, 2.05) is 18.6 Å². The van der Waals surface area contributed by atoms with Gasteiger partial charge in [0, 0.05) is 6.42 Å². The van der Waals surface area contributed by atoms with Gasteiger partial charge in [0.25, 0.3) is 10.0 Å². The van der Waals surface area contributed by atoms with Gasteiger partial charge in [-0.1, -0.05) is 13.8 Å². The smallest absolute Gasteiger partial charge is 0.264 e. The summed E-state index contributed by atoms with van der Waals surface area (Å²) in [6.07, 6.45) is 0.176. The molecule has 1 aromatic carbocycles. The molecule has 0 heterocycles. The summed E-state index contributed by atoms with van der Waals surface area (Å²) in [5, 5.41) is 0. The highest BCUT2D eigenvalue weighted by atomic mass is 32.2. The van der Waals surface area contributed by atoms with Crippen molar-refractivity contribution in [2.24, 2.45) is 5.92 Å². The minimum atomic E-state index is -3.79. The Balaban J connectivity index is 2.82. The fourth-order valence-corrected chi connectivity index (χ4v) is 2.37. The number of sulfonamides is 1. The average Bonchev–Trinajstić information content (AvgIpc) is 2.27. The highest BCUT2D eigenvalue weighted by Crippen LogP contribution is 2.15. The monoisotopic (exact) mass is 271 g/mol. The van der Waals surface area contributed by atoms with Crippen LogP contribution in [0.15, 0.2) is 29.2 Å². The number of carbonyl (C=O) groups is 1. The third-order valence-corrected chi connectivity index (χ3v) is 3.60. The van der Waals surface area contributed by atoms with Gasteiger partial charge in [-0.15, -0.1) is 0 Å². The number of nitrogens with one attached hydrogen (secondary N) is 1. The molecule has 1 amide bonds. The van der Waals surface area contributed by atoms with Crippen LogP contribution in [0.3, 0.4) is 0 Å². The molecule has 0 aliphatic heterocycles. The Kier molecular flexibility index (Phi) is 4.72. The molecule has 0 aliphatic rings. The number of carbonyl (C=O) groups excluding carboxylic acids is 1. The van der Waals surface area contributed by atoms with Crippen molar-refractivity contribution in [1.29, 1.82) is 0 Å². The summed E-state index contributed by atoms with van der Waals surface area (Å²) in [5.74, 6) is 0.166. The second kappa shape index (κ2) is 5.86. The van der Waals surface area contributed by atoms with Crippen LogP contribution < -0.4 is 9.46 Å². The minimum Gasteiger partial charge on any atom is -0.497 e. The Labute approximate surface area is 107 Å². The van der Waals surface area contributed by atoms with Crippen molar-refractivity contribution in [3.8, 4) is 5.75 Å². The number of hydrogen-bond donors (Lipinski definition) is 1. The molecule has 0 fully saturated rings. The summed E-state index contributed by atoms with van der Waals surface area (Å²) in [5.41, 5.74) is 0. The summed E-state index contributed by atoms with van der Waals surface area (Å²) in [6, 6.07) is 5.84. The van der Waals surface area contributed by atoms with E-state index in [1.165, 1.54) is 31.4 Å². The van der Waals surface area contributed by atoms with Crippen molar-refractivity contribution in [1.82, 2.24) is 4.72 Å². The quantitative estimate of drug-likeness (QED) is 0.881. The Morgan fingerprint density at radius 2 is 1.83 bits per heavy atom. The predicted molar refractivity (Wildman–Crippen MR) is 67.8 cm³/mol. The van der Waals surface area contributed by atoms with E-state index in [4.69, 9.17) is 4.74 Å². The molecule has 0 atom stereocenters. The molecule has 100 valence electrons. The minimum absolute atomic E-state index is 0.0420. The van der Waals surface area contributed by atoms with Gasteiger partial charge in [-0.2, -0.15) is 0 Å². The van der Waals surface area contributed by atoms with Crippen molar-refractivity contribution in [2.75, 3.05) is 7.11 Å². The normalized spacial score (nSPS) is 11.3. The summed E-state index contributed by atoms with van der Waals surface area (Å²) in [4.78, 5) is 11.5. The van der Waals surface area contributed by atoms with Gasteiger partial charge >= 0.3 is 0 Å². The van der Waals surface area contributed by atoms with Gasteiger partial charge < -0.3 is 4.74 Å². The first-order chi connectivity index (χ1) is 8.35. The zero-order chi connectivity index (χ0) is 13.8. The maximum Gasteiger partial charge on any atom is 0.264 e. The van der Waals surface area contributed by atoms with E-state index in [0.29, 0.717) is 5.75 Å². The number of rotatable bonds is 5. The van der Waals surface area contributed by atoms with E-state index in [9.17, 15) is 13.2 Å². The lowest BCUT2D eigenvalue weighted by molar-refractivity contribution is -0.120. The van der Waals surface area contributed by atoms with Crippen LogP contribution in [-0.2, 0) is 14.8 Å². The van der Waals surface area contributed by atoms with Crippen LogP contribution in [-0.4, -0.2) is 21.4 Å². The van der Waals surface area contributed by atoms with Crippen LogP contribution in [0.4, 0.5) is 0 Å². The molecule has 1 N–H and O–H groups in total. The molecule has 6 heteroatoms. The van der Waals surface area contributed by atoms with Gasteiger partial charge in [0.1, 0.15) is 5.75 Å². The molecule has 18 heavy (non-hydrogen) atoms. The van der Waals surface area contributed by atoms with Gasteiger partial charge in [-0.3, -0.25) is 4.79 Å². The summed E-state index contributed by atoms with van der Waals surface area (Å²) in [7, 11) is -2.29. The summed E-state index contributed by atoms with van der Waals surface area (Å²) in [6.45, 7) is 3.69. The third kappa shape index (κ3) is 4.03. The fourth-order valence-electron chi connectivity index (χ4n) is 1.38. The number of amides is 1. The van der Waals surface area contributed by atoms with E-state index >= 15 is 0 Å². The summed E-state index contributed by atoms with van der Waals surface area (Å²) < 4.78 is 30.7. The Morgan fingerprint density at radius 3 is 2.28 bits per heavy atom. The number of hydrogen-bond acceptors (Lipinski definition) is 4. The van der Waals surface area contributed by atoms with Crippen LogP contribution in [0.2, 0.25) is 0 Å². The molecule has 1 rings (SSSR count). The second-order valence-corrected chi connectivity index (χ2v) is 5.98. The molecule has 0 saturated carbocycles. The molecule has 0 radical (unpaired) electrons. The zero-order valence-corrected chi connectivity index (χ0v) is 11.5. The third-order valence-electron chi connectivity index (χ3n) is 2.21. The highest BCUT2D eigenvalue weighted by molar-refractivity contribution is 7.90. The molecule has 1 aromatic rings. The van der Waals surface area contributed by atoms with Gasteiger partial charge in [-0.05, 0) is 30.2 Å². The Bertz CT molecular complexity index is 505. The molecule has 0 spiro atoms. The van der Waals surface area contributed by atoms with Crippen molar-refractivity contribution in [3.05, 3.63) is 24.3 Å². The van der Waals surface area contributed by atoms with Gasteiger partial charge in [0.2, 0.25) is 5.91 Å².